The molecular weight excluding hydrogens is 424 g/mol. The molecule has 0 N–H and O–H groups in total. The fraction of sp³-hybridized carbons (Fsp3) is 0.423. The van der Waals surface area contributed by atoms with Gasteiger partial charge in [0.25, 0.3) is 0 Å². The molecule has 4 rings (SSSR count). The summed E-state index contributed by atoms with van der Waals surface area (Å²) in [5.74, 6) is 0.238. The van der Waals surface area contributed by atoms with Gasteiger partial charge in [0.2, 0.25) is 5.91 Å². The maximum Gasteiger partial charge on any atom is 0.227 e. The Labute approximate surface area is 196 Å². The first-order chi connectivity index (χ1) is 14.6. The molecule has 0 bridgehead atoms. The van der Waals surface area contributed by atoms with E-state index in [1.807, 2.05) is 11.9 Å². The lowest BCUT2D eigenvalue weighted by Crippen LogP contribution is -2.53. The van der Waals surface area contributed by atoms with Gasteiger partial charge in [-0.1, -0.05) is 55.3 Å². The highest BCUT2D eigenvalue weighted by Gasteiger charge is 2.33. The monoisotopic (exact) mass is 456 g/mol. The van der Waals surface area contributed by atoms with Gasteiger partial charge in [-0.3, -0.25) is 4.79 Å². The summed E-state index contributed by atoms with van der Waals surface area (Å²) in [6.07, 6.45) is 6.29. The van der Waals surface area contributed by atoms with Gasteiger partial charge in [-0.05, 0) is 60.3 Å². The van der Waals surface area contributed by atoms with Gasteiger partial charge in [-0.25, -0.2) is 0 Å². The summed E-state index contributed by atoms with van der Waals surface area (Å²) in [6.45, 7) is 1.03. The van der Waals surface area contributed by atoms with Gasteiger partial charge < -0.3 is 9.80 Å². The van der Waals surface area contributed by atoms with Crippen LogP contribution in [0.15, 0.2) is 60.0 Å². The van der Waals surface area contributed by atoms with E-state index in [0.29, 0.717) is 18.5 Å². The number of thiophene rings is 1. The van der Waals surface area contributed by atoms with Gasteiger partial charge in [0, 0.05) is 30.4 Å². The summed E-state index contributed by atoms with van der Waals surface area (Å²) >= 11 is 1.74. The van der Waals surface area contributed by atoms with Crippen LogP contribution in [0, 0.1) is 0 Å². The average Bonchev–Trinajstić information content (AvgIpc) is 3.27. The van der Waals surface area contributed by atoms with Crippen molar-refractivity contribution in [3.8, 4) is 0 Å². The van der Waals surface area contributed by atoms with E-state index < -0.39 is 0 Å². The molecule has 0 saturated heterocycles. The fourth-order valence-electron chi connectivity index (χ4n) is 4.86. The van der Waals surface area contributed by atoms with Crippen LogP contribution >= 0.6 is 23.7 Å². The van der Waals surface area contributed by atoms with Crippen molar-refractivity contribution in [1.29, 1.82) is 0 Å². The Morgan fingerprint density at radius 3 is 2.48 bits per heavy atom. The van der Waals surface area contributed by atoms with Crippen LogP contribution in [-0.4, -0.2) is 48.4 Å². The number of benzene rings is 2. The number of likely N-dealkylation sites (N-methyl/N-ethyl adjacent to an activating group) is 2. The third kappa shape index (κ3) is 5.68. The van der Waals surface area contributed by atoms with E-state index in [-0.39, 0.29) is 18.3 Å². The number of halogens is 1. The maximum absolute atomic E-state index is 13.2. The zero-order valence-electron chi connectivity index (χ0n) is 18.5. The molecule has 3 aromatic rings. The molecule has 1 fully saturated rings. The van der Waals surface area contributed by atoms with E-state index >= 15 is 0 Å². The fourth-order valence-corrected chi connectivity index (χ4v) is 5.69. The molecule has 0 aliphatic heterocycles. The highest BCUT2D eigenvalue weighted by Crippen LogP contribution is 2.28. The van der Waals surface area contributed by atoms with Crippen molar-refractivity contribution in [2.24, 2.45) is 0 Å². The van der Waals surface area contributed by atoms with Gasteiger partial charge in [0.1, 0.15) is 0 Å². The number of carbonyl (C=O) groups excluding carboxylic acids is 1. The standard InChI is InChI=1S/C26H32N2OS.ClH/c1-27(17-15-20-9-4-3-5-10-20)23-12-6-7-13-24(23)28(2)26(29)19-21-11-8-14-25-22(21)16-18-30-25;/h3-5,8-11,14,16,18,23-24H,6-7,12-13,15,17,19H2,1-2H3;1H/t23-,24-;/m1./s1. The SMILES string of the molecule is CN(CCc1ccccc1)[C@@H]1CCCC[C@H]1N(C)C(=O)Cc1cccc2sccc12.Cl. The van der Waals surface area contributed by atoms with Gasteiger partial charge in [0.15, 0.2) is 0 Å². The second-order valence-electron chi connectivity index (χ2n) is 8.57. The largest absolute Gasteiger partial charge is 0.341 e. The third-order valence-corrected chi connectivity index (χ3v) is 7.56. The first-order valence-electron chi connectivity index (χ1n) is 11.1. The molecule has 1 aliphatic carbocycles. The van der Waals surface area contributed by atoms with Crippen LogP contribution in [0.3, 0.4) is 0 Å². The minimum Gasteiger partial charge on any atom is -0.341 e. The molecule has 5 heteroatoms. The van der Waals surface area contributed by atoms with Crippen molar-refractivity contribution in [2.45, 2.75) is 50.6 Å². The summed E-state index contributed by atoms with van der Waals surface area (Å²) in [4.78, 5) is 17.8. The number of fused-ring (bicyclic) bond motifs is 1. The van der Waals surface area contributed by atoms with E-state index in [9.17, 15) is 4.79 Å². The number of hydrogen-bond donors (Lipinski definition) is 0. The number of rotatable bonds is 7. The molecule has 0 spiro atoms. The van der Waals surface area contributed by atoms with Crippen LogP contribution in [0.4, 0.5) is 0 Å². The van der Waals surface area contributed by atoms with Crippen LogP contribution < -0.4 is 0 Å². The minimum atomic E-state index is 0. The summed E-state index contributed by atoms with van der Waals surface area (Å²) in [6, 6.07) is 19.9. The van der Waals surface area contributed by atoms with E-state index in [0.717, 1.165) is 24.9 Å². The molecule has 1 aromatic heterocycles. The van der Waals surface area contributed by atoms with Gasteiger partial charge in [-0.15, -0.1) is 23.7 Å². The first-order valence-corrected chi connectivity index (χ1v) is 12.0. The minimum absolute atomic E-state index is 0. The molecule has 1 aliphatic rings. The second kappa shape index (κ2) is 11.1. The Hall–Kier alpha value is -1.88. The van der Waals surface area contributed by atoms with Crippen LogP contribution in [0.5, 0.6) is 0 Å². The molecule has 166 valence electrons. The molecule has 2 aromatic carbocycles. The summed E-state index contributed by atoms with van der Waals surface area (Å²) in [5, 5.41) is 3.34. The summed E-state index contributed by atoms with van der Waals surface area (Å²) in [7, 11) is 4.25. The number of nitrogens with zero attached hydrogens (tertiary/aromatic N) is 2. The second-order valence-corrected chi connectivity index (χ2v) is 9.51. The topological polar surface area (TPSA) is 23.6 Å². The van der Waals surface area contributed by atoms with Gasteiger partial charge in [-0.2, -0.15) is 0 Å². The number of amides is 1. The number of hydrogen-bond acceptors (Lipinski definition) is 3. The van der Waals surface area contributed by atoms with Crippen LogP contribution in [-0.2, 0) is 17.6 Å². The molecule has 1 saturated carbocycles. The molecule has 2 atom stereocenters. The Kier molecular flexibility index (Phi) is 8.53. The predicted octanol–water partition coefficient (Wildman–Crippen LogP) is 5.81. The third-order valence-electron chi connectivity index (χ3n) is 6.67. The molecule has 1 heterocycles. The van der Waals surface area contributed by atoms with Crippen molar-refractivity contribution in [1.82, 2.24) is 9.80 Å². The zero-order valence-corrected chi connectivity index (χ0v) is 20.1. The summed E-state index contributed by atoms with van der Waals surface area (Å²) < 4.78 is 1.26. The molecule has 31 heavy (non-hydrogen) atoms. The zero-order chi connectivity index (χ0) is 20.9. The Bertz CT molecular complexity index is 974. The lowest BCUT2D eigenvalue weighted by molar-refractivity contribution is -0.133. The van der Waals surface area contributed by atoms with Crippen molar-refractivity contribution in [3.05, 3.63) is 71.1 Å². The predicted molar refractivity (Wildman–Crippen MR) is 134 cm³/mol. The van der Waals surface area contributed by atoms with Crippen molar-refractivity contribution in [3.63, 3.8) is 0 Å². The lowest BCUT2D eigenvalue weighted by atomic mass is 9.88. The Morgan fingerprint density at radius 2 is 1.71 bits per heavy atom. The smallest absolute Gasteiger partial charge is 0.227 e. The molecular formula is C26H33ClN2OS. The molecule has 1 amide bonds. The molecule has 0 unspecified atom stereocenters. The lowest BCUT2D eigenvalue weighted by Gasteiger charge is -2.42. The maximum atomic E-state index is 13.2. The van der Waals surface area contributed by atoms with Crippen LogP contribution in [0.25, 0.3) is 10.1 Å². The van der Waals surface area contributed by atoms with Gasteiger partial charge >= 0.3 is 0 Å². The van der Waals surface area contributed by atoms with Crippen molar-refractivity contribution < 1.29 is 4.79 Å². The van der Waals surface area contributed by atoms with E-state index in [4.69, 9.17) is 0 Å². The van der Waals surface area contributed by atoms with E-state index in [1.54, 1.807) is 11.3 Å². The van der Waals surface area contributed by atoms with Crippen LogP contribution in [0.2, 0.25) is 0 Å². The first kappa shape index (κ1) is 23.8. The normalized spacial score (nSPS) is 18.7. The average molecular weight is 457 g/mol. The van der Waals surface area contributed by atoms with E-state index in [1.165, 1.54) is 34.9 Å². The molecule has 3 nitrogen and oxygen atoms in total. The van der Waals surface area contributed by atoms with Crippen molar-refractivity contribution >= 4 is 39.7 Å². The number of carbonyl (C=O) groups is 1. The molecule has 0 radical (unpaired) electrons. The van der Waals surface area contributed by atoms with Gasteiger partial charge in [0.05, 0.1) is 6.42 Å². The Balaban J connectivity index is 0.00000272. The highest BCUT2D eigenvalue weighted by atomic mass is 35.5. The van der Waals surface area contributed by atoms with E-state index in [2.05, 4.69) is 71.9 Å². The summed E-state index contributed by atoms with van der Waals surface area (Å²) in [5.41, 5.74) is 2.53. The van der Waals surface area contributed by atoms with Crippen LogP contribution in [0.1, 0.15) is 36.8 Å². The highest BCUT2D eigenvalue weighted by molar-refractivity contribution is 7.17. The van der Waals surface area contributed by atoms with Crippen molar-refractivity contribution in [2.75, 3.05) is 20.6 Å². The Morgan fingerprint density at radius 1 is 0.968 bits per heavy atom. The quantitative estimate of drug-likeness (QED) is 0.448.